The van der Waals surface area contributed by atoms with Gasteiger partial charge in [-0.05, 0) is 30.0 Å². The maximum atomic E-state index is 13.2. The number of nitrogens with zero attached hydrogens (tertiary/aromatic N) is 1. The molecule has 0 bridgehead atoms. The average molecular weight is 337 g/mol. The number of piperazine rings is 1. The minimum Gasteiger partial charge on any atom is -0.342 e. The summed E-state index contributed by atoms with van der Waals surface area (Å²) in [6, 6.07) is 2.78. The van der Waals surface area contributed by atoms with E-state index in [0.29, 0.717) is 25.1 Å². The van der Waals surface area contributed by atoms with Crippen molar-refractivity contribution in [1.82, 2.24) is 15.5 Å². The summed E-state index contributed by atoms with van der Waals surface area (Å²) in [4.78, 5) is 26.3. The van der Waals surface area contributed by atoms with Gasteiger partial charge in [-0.15, -0.1) is 0 Å². The second-order valence-corrected chi connectivity index (χ2v) is 6.80. The minimum atomic E-state index is -0.882. The van der Waals surface area contributed by atoms with Crippen LogP contribution in [-0.4, -0.2) is 41.4 Å². The van der Waals surface area contributed by atoms with Gasteiger partial charge in [0.1, 0.15) is 12.1 Å². The van der Waals surface area contributed by atoms with Crippen molar-refractivity contribution in [3.05, 3.63) is 35.4 Å². The summed E-state index contributed by atoms with van der Waals surface area (Å²) in [5, 5.41) is 6.02. The maximum absolute atomic E-state index is 13.2. The van der Waals surface area contributed by atoms with Crippen LogP contribution in [0.2, 0.25) is 0 Å². The van der Waals surface area contributed by atoms with Crippen LogP contribution >= 0.6 is 0 Å². The van der Waals surface area contributed by atoms with E-state index in [2.05, 4.69) is 10.6 Å². The molecule has 2 heterocycles. The third kappa shape index (κ3) is 3.13. The summed E-state index contributed by atoms with van der Waals surface area (Å²) >= 11 is 0. The molecular weight excluding hydrogens is 316 g/mol. The van der Waals surface area contributed by atoms with E-state index in [0.717, 1.165) is 12.1 Å². The van der Waals surface area contributed by atoms with E-state index in [9.17, 15) is 18.4 Å². The van der Waals surface area contributed by atoms with Crippen LogP contribution in [0, 0.1) is 17.6 Å². The van der Waals surface area contributed by atoms with Gasteiger partial charge in [-0.2, -0.15) is 0 Å². The van der Waals surface area contributed by atoms with E-state index in [4.69, 9.17) is 0 Å². The number of nitrogens with one attached hydrogen (secondary N) is 2. The first-order valence-corrected chi connectivity index (χ1v) is 8.15. The molecule has 0 radical (unpaired) electrons. The van der Waals surface area contributed by atoms with Gasteiger partial charge >= 0.3 is 0 Å². The molecule has 3 rings (SSSR count). The van der Waals surface area contributed by atoms with Crippen molar-refractivity contribution < 1.29 is 18.4 Å². The molecule has 130 valence electrons. The van der Waals surface area contributed by atoms with Crippen LogP contribution in [0.5, 0.6) is 0 Å². The van der Waals surface area contributed by atoms with Crippen LogP contribution in [0.3, 0.4) is 0 Å². The highest BCUT2D eigenvalue weighted by atomic mass is 19.2. The van der Waals surface area contributed by atoms with Gasteiger partial charge < -0.3 is 15.5 Å². The predicted octanol–water partition coefficient (Wildman–Crippen LogP) is 1.18. The zero-order valence-electron chi connectivity index (χ0n) is 13.7. The summed E-state index contributed by atoms with van der Waals surface area (Å²) in [6.07, 6.45) is 0.520. The van der Waals surface area contributed by atoms with Gasteiger partial charge in [-0.3, -0.25) is 9.59 Å². The molecule has 2 saturated heterocycles. The maximum Gasteiger partial charge on any atom is 0.246 e. The Labute approximate surface area is 139 Å². The van der Waals surface area contributed by atoms with E-state index in [-0.39, 0.29) is 23.8 Å². The number of hydrogen-bond acceptors (Lipinski definition) is 3. The number of carbonyl (C=O) groups is 2. The molecule has 0 aliphatic carbocycles. The predicted molar refractivity (Wildman–Crippen MR) is 83.9 cm³/mol. The first-order valence-electron chi connectivity index (χ1n) is 8.15. The Kier molecular flexibility index (Phi) is 4.54. The zero-order chi connectivity index (χ0) is 17.4. The number of benzene rings is 1. The monoisotopic (exact) mass is 337 g/mol. The first kappa shape index (κ1) is 16.8. The molecule has 24 heavy (non-hydrogen) atoms. The molecule has 2 amide bonds. The lowest BCUT2D eigenvalue weighted by molar-refractivity contribution is -0.148. The summed E-state index contributed by atoms with van der Waals surface area (Å²) in [6.45, 7) is 4.60. The molecular formula is C17H21F2N3O2. The SMILES string of the molecule is CC(C)[C@@H]1NC(=O)[C@@H]2C[C@H](NCc3ccc(F)c(F)c3)CN2C1=O. The van der Waals surface area contributed by atoms with E-state index in [1.54, 1.807) is 4.90 Å². The van der Waals surface area contributed by atoms with Gasteiger partial charge in [0, 0.05) is 19.1 Å². The molecule has 3 atom stereocenters. The van der Waals surface area contributed by atoms with Gasteiger partial charge in [0.05, 0.1) is 0 Å². The zero-order valence-corrected chi connectivity index (χ0v) is 13.7. The van der Waals surface area contributed by atoms with E-state index in [1.807, 2.05) is 13.8 Å². The van der Waals surface area contributed by atoms with Gasteiger partial charge in [-0.25, -0.2) is 8.78 Å². The summed E-state index contributed by atoms with van der Waals surface area (Å²) < 4.78 is 26.2. The Morgan fingerprint density at radius 2 is 2.04 bits per heavy atom. The fourth-order valence-corrected chi connectivity index (χ4v) is 3.33. The molecule has 0 saturated carbocycles. The highest BCUT2D eigenvalue weighted by Gasteiger charge is 2.46. The summed E-state index contributed by atoms with van der Waals surface area (Å²) in [5.41, 5.74) is 0.620. The Bertz CT molecular complexity index is 665. The number of fused-ring (bicyclic) bond motifs is 1. The quantitative estimate of drug-likeness (QED) is 0.867. The second-order valence-electron chi connectivity index (χ2n) is 6.80. The summed E-state index contributed by atoms with van der Waals surface area (Å²) in [7, 11) is 0. The van der Waals surface area contributed by atoms with Crippen LogP contribution in [0.25, 0.3) is 0 Å². The van der Waals surface area contributed by atoms with Crippen LogP contribution < -0.4 is 10.6 Å². The van der Waals surface area contributed by atoms with E-state index in [1.165, 1.54) is 6.07 Å². The van der Waals surface area contributed by atoms with Gasteiger partial charge in [0.2, 0.25) is 11.8 Å². The number of amides is 2. The molecule has 1 aromatic carbocycles. The second kappa shape index (κ2) is 6.47. The first-order chi connectivity index (χ1) is 11.4. The van der Waals surface area contributed by atoms with Crippen LogP contribution in [0.4, 0.5) is 8.78 Å². The molecule has 2 aliphatic rings. The molecule has 2 aliphatic heterocycles. The molecule has 1 aromatic rings. The van der Waals surface area contributed by atoms with E-state index < -0.39 is 23.7 Å². The van der Waals surface area contributed by atoms with Crippen LogP contribution in [-0.2, 0) is 16.1 Å². The molecule has 0 aromatic heterocycles. The normalized spacial score (nSPS) is 26.7. The van der Waals surface area contributed by atoms with Crippen molar-refractivity contribution in [3.63, 3.8) is 0 Å². The number of carbonyl (C=O) groups excluding carboxylic acids is 2. The standard InChI is InChI=1S/C17H21F2N3O2/c1-9(2)15-17(24)22-8-11(6-14(22)16(23)21-15)20-7-10-3-4-12(18)13(19)5-10/h3-5,9,11,14-15,20H,6-8H2,1-2H3,(H,21,23)/t11-,14-,15-/m0/s1. The molecule has 0 spiro atoms. The number of hydrogen-bond donors (Lipinski definition) is 2. The topological polar surface area (TPSA) is 61.4 Å². The largest absolute Gasteiger partial charge is 0.342 e. The van der Waals surface area contributed by atoms with Crippen molar-refractivity contribution in [2.24, 2.45) is 5.92 Å². The molecule has 5 nitrogen and oxygen atoms in total. The van der Waals surface area contributed by atoms with Crippen molar-refractivity contribution in [2.45, 2.75) is 44.9 Å². The fourth-order valence-electron chi connectivity index (χ4n) is 3.33. The molecule has 2 N–H and O–H groups in total. The number of rotatable bonds is 4. The lowest BCUT2D eigenvalue weighted by Crippen LogP contribution is -2.62. The minimum absolute atomic E-state index is 0.0385. The Hall–Kier alpha value is -2.02. The average Bonchev–Trinajstić information content (AvgIpc) is 2.97. The van der Waals surface area contributed by atoms with Crippen molar-refractivity contribution in [2.75, 3.05) is 6.54 Å². The van der Waals surface area contributed by atoms with Crippen molar-refractivity contribution in [1.29, 1.82) is 0 Å². The highest BCUT2D eigenvalue weighted by Crippen LogP contribution is 2.25. The molecule has 7 heteroatoms. The van der Waals surface area contributed by atoms with Crippen molar-refractivity contribution in [3.8, 4) is 0 Å². The lowest BCUT2D eigenvalue weighted by Gasteiger charge is -2.36. The van der Waals surface area contributed by atoms with Crippen LogP contribution in [0.1, 0.15) is 25.8 Å². The fraction of sp³-hybridized carbons (Fsp3) is 0.529. The molecule has 2 fully saturated rings. The van der Waals surface area contributed by atoms with Crippen LogP contribution in [0.15, 0.2) is 18.2 Å². The molecule has 0 unspecified atom stereocenters. The Morgan fingerprint density at radius 3 is 2.71 bits per heavy atom. The van der Waals surface area contributed by atoms with Crippen molar-refractivity contribution >= 4 is 11.8 Å². The van der Waals surface area contributed by atoms with Gasteiger partial charge in [-0.1, -0.05) is 19.9 Å². The Balaban J connectivity index is 1.63. The van der Waals surface area contributed by atoms with E-state index >= 15 is 0 Å². The number of halogens is 2. The highest BCUT2D eigenvalue weighted by molar-refractivity contribution is 5.97. The smallest absolute Gasteiger partial charge is 0.246 e. The van der Waals surface area contributed by atoms with Gasteiger partial charge in [0.15, 0.2) is 11.6 Å². The third-order valence-corrected chi connectivity index (χ3v) is 4.70. The lowest BCUT2D eigenvalue weighted by atomic mass is 9.98. The third-order valence-electron chi connectivity index (χ3n) is 4.70. The summed E-state index contributed by atoms with van der Waals surface area (Å²) in [5.74, 6) is -1.89. The van der Waals surface area contributed by atoms with Gasteiger partial charge in [0.25, 0.3) is 0 Å². The Morgan fingerprint density at radius 1 is 1.29 bits per heavy atom.